The summed E-state index contributed by atoms with van der Waals surface area (Å²) < 4.78 is 35.8. The number of halogens is 1. The molecule has 0 aromatic heterocycles. The minimum Gasteiger partial charge on any atom is -0.147 e. The van der Waals surface area contributed by atoms with Crippen LogP contribution in [0.25, 0.3) is 0 Å². The standard InChI is InChI=1S/C21H27N2.C12H17NO3S.ClH.Ru/c1-14-9-16(3)20(17(4)10-14)22-7-8-23(13-22)21-18(5)11-15(2)12-19(21)6;1-9(2)16-12-7-6-11(8-10(12)3)17(14,15)13(4)5;;/h9-13H,7-8H2,1-6H3;3,6-9H,1-2,4-5H3;1H;. The van der Waals surface area contributed by atoms with Crippen LogP contribution in [0, 0.1) is 41.5 Å². The average Bonchev–Trinajstić information content (AvgIpc) is 3.24. The van der Waals surface area contributed by atoms with Crippen molar-refractivity contribution in [1.29, 1.82) is 0 Å². The molecule has 3 aromatic rings. The summed E-state index contributed by atoms with van der Waals surface area (Å²) in [5.41, 5.74) is 11.1. The molecule has 1 aliphatic heterocycles. The van der Waals surface area contributed by atoms with E-state index in [1.165, 1.54) is 49.1 Å². The van der Waals surface area contributed by atoms with Crippen molar-refractivity contribution in [3.63, 3.8) is 0 Å². The van der Waals surface area contributed by atoms with E-state index >= 15 is 0 Å². The van der Waals surface area contributed by atoms with Gasteiger partial charge < -0.3 is 0 Å². The van der Waals surface area contributed by atoms with Crippen LogP contribution in [0.1, 0.15) is 52.8 Å². The zero-order valence-corrected chi connectivity index (χ0v) is 29.8. The number of hydrogen-bond donors (Lipinski definition) is 0. The monoisotopic (exact) mass is 700 g/mol. The molecule has 0 amide bonds. The fourth-order valence-corrected chi connectivity index (χ4v) is 9.28. The second-order valence-electron chi connectivity index (χ2n) is 11.6. The largest absolute Gasteiger partial charge is 0.147 e. The van der Waals surface area contributed by atoms with E-state index < -0.39 is 10.0 Å². The molecular weight excluding hydrogens is 655 g/mol. The van der Waals surface area contributed by atoms with E-state index in [9.17, 15) is 8.42 Å². The summed E-state index contributed by atoms with van der Waals surface area (Å²) >= 11 is -0.386. The van der Waals surface area contributed by atoms with E-state index in [4.69, 9.17) is 4.74 Å². The molecule has 9 heteroatoms. The van der Waals surface area contributed by atoms with E-state index in [1.807, 2.05) is 13.8 Å². The molecule has 0 aliphatic carbocycles. The summed E-state index contributed by atoms with van der Waals surface area (Å²) in [6, 6.07) is 14.3. The maximum absolute atomic E-state index is 13.0. The minimum atomic E-state index is -3.57. The van der Waals surface area contributed by atoms with Crippen LogP contribution in [0.2, 0.25) is 0 Å². The fourth-order valence-electron chi connectivity index (χ4n) is 5.85. The van der Waals surface area contributed by atoms with Gasteiger partial charge in [-0.2, -0.15) is 0 Å². The van der Waals surface area contributed by atoms with E-state index in [-0.39, 0.29) is 44.8 Å². The van der Waals surface area contributed by atoms with Crippen LogP contribution in [0.3, 0.4) is 0 Å². The zero-order chi connectivity index (χ0) is 30.2. The van der Waals surface area contributed by atoms with E-state index in [0.29, 0.717) is 5.75 Å². The van der Waals surface area contributed by atoms with Crippen LogP contribution in [0.4, 0.5) is 11.4 Å². The van der Waals surface area contributed by atoms with Crippen LogP contribution in [0.5, 0.6) is 5.75 Å². The van der Waals surface area contributed by atoms with Crippen LogP contribution in [-0.4, -0.2) is 55.4 Å². The Balaban J connectivity index is 0.00000484. The van der Waals surface area contributed by atoms with Gasteiger partial charge in [0.05, 0.1) is 0 Å². The molecule has 6 nitrogen and oxygen atoms in total. The molecule has 0 radical (unpaired) electrons. The predicted molar refractivity (Wildman–Crippen MR) is 175 cm³/mol. The molecular formula is C33H45ClN3O3RuS. The normalized spacial score (nSPS) is 14.6. The number of hydrogen-bond acceptors (Lipinski definition) is 5. The number of rotatable bonds is 8. The van der Waals surface area contributed by atoms with Gasteiger partial charge in [0.1, 0.15) is 0 Å². The average molecular weight is 700 g/mol. The number of nitrogens with zero attached hydrogens (tertiary/aromatic N) is 3. The Labute approximate surface area is 266 Å². The van der Waals surface area contributed by atoms with Crippen molar-refractivity contribution in [3.8, 4) is 5.75 Å². The van der Waals surface area contributed by atoms with Crippen molar-refractivity contribution in [1.82, 2.24) is 4.31 Å². The molecule has 0 N–H and O–H groups in total. The molecule has 0 unspecified atom stereocenters. The summed E-state index contributed by atoms with van der Waals surface area (Å²) in [6.07, 6.45) is -0.0237. The van der Waals surface area contributed by atoms with Gasteiger partial charge in [0.15, 0.2) is 0 Å². The molecule has 0 spiro atoms. The Bertz CT molecular complexity index is 1480. The second-order valence-corrected chi connectivity index (χ2v) is 15.7. The van der Waals surface area contributed by atoms with Crippen molar-refractivity contribution in [3.05, 3.63) is 81.4 Å². The van der Waals surface area contributed by atoms with E-state index in [1.54, 1.807) is 32.3 Å². The first kappa shape index (κ1) is 34.2. The minimum absolute atomic E-state index is 0. The van der Waals surface area contributed by atoms with Crippen molar-refractivity contribution >= 4 is 38.4 Å². The maximum atomic E-state index is 13.0. The Kier molecular flexibility index (Phi) is 11.1. The number of benzene rings is 3. The first-order valence-corrected chi connectivity index (χ1v) is 17.5. The van der Waals surface area contributed by atoms with Crippen molar-refractivity contribution in [2.75, 3.05) is 37.0 Å². The first-order valence-electron chi connectivity index (χ1n) is 14.0. The third-order valence-corrected chi connectivity index (χ3v) is 11.6. The Hall–Kier alpha value is -2.25. The molecule has 0 saturated carbocycles. The van der Waals surface area contributed by atoms with Gasteiger partial charge in [0, 0.05) is 0 Å². The molecule has 231 valence electrons. The maximum Gasteiger partial charge on any atom is -0.147 e. The van der Waals surface area contributed by atoms with Gasteiger partial charge in [0.2, 0.25) is 0 Å². The van der Waals surface area contributed by atoms with Gasteiger partial charge in [0.25, 0.3) is 0 Å². The van der Waals surface area contributed by atoms with Gasteiger partial charge >= 0.3 is 255 Å². The first-order chi connectivity index (χ1) is 19.2. The van der Waals surface area contributed by atoms with Gasteiger partial charge in [-0.1, -0.05) is 0 Å². The van der Waals surface area contributed by atoms with Crippen molar-refractivity contribution in [2.24, 2.45) is 0 Å². The van der Waals surface area contributed by atoms with Gasteiger partial charge in [-0.3, -0.25) is 0 Å². The van der Waals surface area contributed by atoms with Gasteiger partial charge in [-0.15, -0.1) is 12.4 Å². The molecule has 42 heavy (non-hydrogen) atoms. The zero-order valence-electron chi connectivity index (χ0n) is 26.4. The summed E-state index contributed by atoms with van der Waals surface area (Å²) in [5, 5.41) is 0. The molecule has 0 bridgehead atoms. The predicted octanol–water partition coefficient (Wildman–Crippen LogP) is 6.54. The van der Waals surface area contributed by atoms with Crippen LogP contribution >= 0.6 is 12.4 Å². The third kappa shape index (κ3) is 7.10. The quantitative estimate of drug-likeness (QED) is 0.250. The number of ether oxygens (including phenoxy) is 1. The van der Waals surface area contributed by atoms with Crippen molar-refractivity contribution in [2.45, 2.75) is 71.1 Å². The van der Waals surface area contributed by atoms with Crippen LogP contribution < -0.4 is 14.5 Å². The Morgan fingerprint density at radius 1 is 0.833 bits per heavy atom. The molecule has 1 fully saturated rings. The summed E-state index contributed by atoms with van der Waals surface area (Å²) in [7, 11) is -0.443. The fraction of sp³-hybridized carbons (Fsp3) is 0.424. The molecule has 1 heterocycles. The van der Waals surface area contributed by atoms with E-state index in [2.05, 4.69) is 80.2 Å². The third-order valence-electron chi connectivity index (χ3n) is 7.32. The smallest absolute Gasteiger partial charge is 0.147 e. The van der Waals surface area contributed by atoms with Gasteiger partial charge in [-0.05, 0) is 0 Å². The summed E-state index contributed by atoms with van der Waals surface area (Å²) in [6.45, 7) is 19.0. The SMILES string of the molecule is Cc1cc(C)c(N2CCN(c3c(C)cc(C)cc3C)[CH]2[Ru]=[CH]c2cc(S(=O)(=O)N(C)C)ccc2OC(C)C)c(C)c1.Cl. The second kappa shape index (κ2) is 13.6. The number of sulfonamides is 1. The molecule has 0 atom stereocenters. The summed E-state index contributed by atoms with van der Waals surface area (Å²) in [4.78, 5) is 5.42. The molecule has 1 saturated heterocycles. The van der Waals surface area contributed by atoms with E-state index in [0.717, 1.165) is 18.7 Å². The van der Waals surface area contributed by atoms with Crippen LogP contribution in [0.15, 0.2) is 47.4 Å². The Morgan fingerprint density at radius 2 is 1.29 bits per heavy atom. The van der Waals surface area contributed by atoms with Gasteiger partial charge in [-0.25, -0.2) is 0 Å². The topological polar surface area (TPSA) is 53.1 Å². The molecule has 3 aromatic carbocycles. The number of anilines is 2. The molecule has 4 rings (SSSR count). The summed E-state index contributed by atoms with van der Waals surface area (Å²) in [5.74, 6) is 0.716. The Morgan fingerprint density at radius 3 is 1.69 bits per heavy atom. The van der Waals surface area contributed by atoms with Crippen molar-refractivity contribution < 1.29 is 29.8 Å². The van der Waals surface area contributed by atoms with Crippen LogP contribution in [-0.2, 0) is 26.7 Å². The molecule has 1 aliphatic rings. The number of aryl methyl sites for hydroxylation is 6.